The van der Waals surface area contributed by atoms with Crippen molar-refractivity contribution in [3.05, 3.63) is 51.8 Å². The number of Topliss-reactive ketones (excluding diaryl/α,β-unsaturated/α-hetero) is 2. The minimum Gasteiger partial charge on any atom is -0.496 e. The molecule has 0 saturated heterocycles. The van der Waals surface area contributed by atoms with Gasteiger partial charge in [-0.25, -0.2) is 0 Å². The van der Waals surface area contributed by atoms with Crippen molar-refractivity contribution in [2.45, 2.75) is 53.6 Å². The number of hydrogen-bond acceptors (Lipinski definition) is 4. The molecule has 0 amide bonds. The number of aromatic amines is 1. The maximum Gasteiger partial charge on any atom is 0.195 e. The van der Waals surface area contributed by atoms with E-state index in [1.54, 1.807) is 7.11 Å². The van der Waals surface area contributed by atoms with E-state index in [1.165, 1.54) is 6.92 Å². The number of nitrogens with one attached hydrogen (secondary N) is 2. The summed E-state index contributed by atoms with van der Waals surface area (Å²) in [7, 11) is 1.64. The molecule has 5 heteroatoms. The number of carbonyl (C=O) groups excluding carboxylic acids is 2. The number of ketones is 2. The first-order chi connectivity index (χ1) is 12.2. The molecule has 2 unspecified atom stereocenters. The first-order valence-electron chi connectivity index (χ1n) is 8.82. The lowest BCUT2D eigenvalue weighted by Gasteiger charge is -2.21. The topological polar surface area (TPSA) is 71.2 Å². The first-order valence-corrected chi connectivity index (χ1v) is 8.82. The minimum atomic E-state index is -0.410. The zero-order chi connectivity index (χ0) is 19.6. The summed E-state index contributed by atoms with van der Waals surface area (Å²) < 4.78 is 5.44. The highest BCUT2D eigenvalue weighted by atomic mass is 16.5. The third-order valence-electron chi connectivity index (χ3n) is 4.78. The van der Waals surface area contributed by atoms with E-state index in [9.17, 15) is 9.59 Å². The lowest BCUT2D eigenvalue weighted by atomic mass is 10.0. The van der Waals surface area contributed by atoms with E-state index in [2.05, 4.69) is 16.4 Å². The number of aryl methyl sites for hydroxylation is 2. The molecule has 140 valence electrons. The van der Waals surface area contributed by atoms with Gasteiger partial charge in [-0.3, -0.25) is 9.59 Å². The molecular weight excluding hydrogens is 328 g/mol. The molecule has 2 atom stereocenters. The molecule has 1 aromatic carbocycles. The van der Waals surface area contributed by atoms with Gasteiger partial charge in [-0.2, -0.15) is 0 Å². The van der Waals surface area contributed by atoms with E-state index in [4.69, 9.17) is 4.74 Å². The molecule has 0 aliphatic carbocycles. The molecule has 0 aliphatic rings. The van der Waals surface area contributed by atoms with Crippen LogP contribution in [0, 0.1) is 20.8 Å². The van der Waals surface area contributed by atoms with Gasteiger partial charge in [-0.15, -0.1) is 0 Å². The highest BCUT2D eigenvalue weighted by Crippen LogP contribution is 2.27. The van der Waals surface area contributed by atoms with Gasteiger partial charge in [0.15, 0.2) is 11.6 Å². The summed E-state index contributed by atoms with van der Waals surface area (Å²) in [4.78, 5) is 27.8. The number of aromatic nitrogens is 1. The molecule has 0 radical (unpaired) electrons. The molecule has 2 N–H and O–H groups in total. The van der Waals surface area contributed by atoms with E-state index in [-0.39, 0.29) is 17.6 Å². The van der Waals surface area contributed by atoms with Crippen molar-refractivity contribution in [3.8, 4) is 5.75 Å². The summed E-state index contributed by atoms with van der Waals surface area (Å²) in [6, 6.07) is 5.52. The van der Waals surface area contributed by atoms with Crippen molar-refractivity contribution in [2.75, 3.05) is 7.11 Å². The van der Waals surface area contributed by atoms with E-state index >= 15 is 0 Å². The number of H-pyrrole nitrogens is 1. The van der Waals surface area contributed by atoms with Crippen molar-refractivity contribution < 1.29 is 14.3 Å². The van der Waals surface area contributed by atoms with Gasteiger partial charge in [0.05, 0.1) is 18.8 Å². The number of rotatable bonds is 7. The Balaban J connectivity index is 2.24. The summed E-state index contributed by atoms with van der Waals surface area (Å²) >= 11 is 0. The fourth-order valence-corrected chi connectivity index (χ4v) is 3.47. The molecule has 1 aromatic heterocycles. The predicted octanol–water partition coefficient (Wildman–Crippen LogP) is 4.07. The van der Waals surface area contributed by atoms with Gasteiger partial charge in [-0.1, -0.05) is 17.7 Å². The fourth-order valence-electron chi connectivity index (χ4n) is 3.47. The predicted molar refractivity (Wildman–Crippen MR) is 103 cm³/mol. The second kappa shape index (κ2) is 7.87. The summed E-state index contributed by atoms with van der Waals surface area (Å²) in [6.45, 7) is 11.0. The third kappa shape index (κ3) is 3.88. The Morgan fingerprint density at radius 1 is 1.15 bits per heavy atom. The standard InChI is InChI=1S/C21H28N2O3/c1-11-8-9-18(26-7)17(10-11)13(3)22-15(5)21(25)20-12(2)19(16(6)24)14(4)23-20/h8-10,13,15,22-23H,1-7H3. The summed E-state index contributed by atoms with van der Waals surface area (Å²) in [5, 5.41) is 3.35. The highest BCUT2D eigenvalue weighted by Gasteiger charge is 2.25. The fraction of sp³-hybridized carbons (Fsp3) is 0.429. The van der Waals surface area contributed by atoms with Gasteiger partial charge in [0.2, 0.25) is 0 Å². The first kappa shape index (κ1) is 19.9. The van der Waals surface area contributed by atoms with Crippen LogP contribution >= 0.6 is 0 Å². The van der Waals surface area contributed by atoms with Gasteiger partial charge in [0.25, 0.3) is 0 Å². The summed E-state index contributed by atoms with van der Waals surface area (Å²) in [5.74, 6) is 0.700. The molecule has 0 fully saturated rings. The molecule has 0 bridgehead atoms. The monoisotopic (exact) mass is 356 g/mol. The van der Waals surface area contributed by atoms with Gasteiger partial charge < -0.3 is 15.0 Å². The van der Waals surface area contributed by atoms with Gasteiger partial charge >= 0.3 is 0 Å². The smallest absolute Gasteiger partial charge is 0.195 e. The molecule has 0 spiro atoms. The van der Waals surface area contributed by atoms with E-state index in [0.29, 0.717) is 11.3 Å². The molecule has 2 aromatic rings. The molecule has 0 aliphatic heterocycles. The van der Waals surface area contributed by atoms with E-state index < -0.39 is 6.04 Å². The SMILES string of the molecule is COc1ccc(C)cc1C(C)NC(C)C(=O)c1[nH]c(C)c(C(C)=O)c1C. The molecule has 26 heavy (non-hydrogen) atoms. The average molecular weight is 356 g/mol. The number of hydrogen-bond donors (Lipinski definition) is 2. The minimum absolute atomic E-state index is 0.0335. The van der Waals surface area contributed by atoms with Crippen LogP contribution in [0.25, 0.3) is 0 Å². The van der Waals surface area contributed by atoms with Crippen molar-refractivity contribution >= 4 is 11.6 Å². The van der Waals surface area contributed by atoms with Crippen molar-refractivity contribution in [3.63, 3.8) is 0 Å². The van der Waals surface area contributed by atoms with Gasteiger partial charge in [-0.05, 0) is 53.2 Å². The number of methoxy groups -OCH3 is 1. The average Bonchev–Trinajstić information content (AvgIpc) is 2.88. The van der Waals surface area contributed by atoms with Crippen LogP contribution in [0.2, 0.25) is 0 Å². The maximum absolute atomic E-state index is 12.9. The van der Waals surface area contributed by atoms with Crippen LogP contribution in [0.3, 0.4) is 0 Å². The Bertz CT molecular complexity index is 836. The molecule has 0 saturated carbocycles. The van der Waals surface area contributed by atoms with Crippen LogP contribution in [0.5, 0.6) is 5.75 Å². The second-order valence-electron chi connectivity index (χ2n) is 6.90. The van der Waals surface area contributed by atoms with Crippen molar-refractivity contribution in [1.29, 1.82) is 0 Å². The Kier molecular flexibility index (Phi) is 6.03. The Labute approximate surface area is 155 Å². The summed E-state index contributed by atoms with van der Waals surface area (Å²) in [6.07, 6.45) is 0. The highest BCUT2D eigenvalue weighted by molar-refractivity contribution is 6.05. The van der Waals surface area contributed by atoms with Crippen LogP contribution in [0.1, 0.15) is 70.0 Å². The zero-order valence-corrected chi connectivity index (χ0v) is 16.6. The van der Waals surface area contributed by atoms with Gasteiger partial charge in [0, 0.05) is 22.9 Å². The van der Waals surface area contributed by atoms with Crippen LogP contribution in [-0.2, 0) is 0 Å². The van der Waals surface area contributed by atoms with Crippen LogP contribution in [0.15, 0.2) is 18.2 Å². The van der Waals surface area contributed by atoms with Crippen LogP contribution < -0.4 is 10.1 Å². The Morgan fingerprint density at radius 2 is 1.81 bits per heavy atom. The number of benzene rings is 1. The Morgan fingerprint density at radius 3 is 2.35 bits per heavy atom. The third-order valence-corrected chi connectivity index (χ3v) is 4.78. The number of ether oxygens (including phenoxy) is 1. The Hall–Kier alpha value is -2.40. The molecule has 5 nitrogen and oxygen atoms in total. The van der Waals surface area contributed by atoms with Crippen LogP contribution in [-0.4, -0.2) is 29.7 Å². The lowest BCUT2D eigenvalue weighted by molar-refractivity contribution is 0.0940. The summed E-state index contributed by atoms with van der Waals surface area (Å²) in [5.41, 5.74) is 4.70. The quantitative estimate of drug-likeness (QED) is 0.734. The van der Waals surface area contributed by atoms with E-state index in [0.717, 1.165) is 28.1 Å². The van der Waals surface area contributed by atoms with Gasteiger partial charge in [0.1, 0.15) is 5.75 Å². The molecule has 1 heterocycles. The largest absolute Gasteiger partial charge is 0.496 e. The van der Waals surface area contributed by atoms with E-state index in [1.807, 2.05) is 46.8 Å². The number of carbonyl (C=O) groups is 2. The maximum atomic E-state index is 12.9. The van der Waals surface area contributed by atoms with Crippen LogP contribution in [0.4, 0.5) is 0 Å². The molecular formula is C21H28N2O3. The normalized spacial score (nSPS) is 13.3. The van der Waals surface area contributed by atoms with Crippen molar-refractivity contribution in [1.82, 2.24) is 10.3 Å². The molecule has 2 rings (SSSR count). The van der Waals surface area contributed by atoms with Crippen molar-refractivity contribution in [2.24, 2.45) is 0 Å². The lowest BCUT2D eigenvalue weighted by Crippen LogP contribution is -2.36. The second-order valence-corrected chi connectivity index (χ2v) is 6.90. The zero-order valence-electron chi connectivity index (χ0n) is 16.6.